The van der Waals surface area contributed by atoms with Crippen molar-refractivity contribution >= 4 is 5.91 Å². The van der Waals surface area contributed by atoms with Crippen molar-refractivity contribution in [1.29, 1.82) is 0 Å². The van der Waals surface area contributed by atoms with Crippen LogP contribution in [0.3, 0.4) is 0 Å². The van der Waals surface area contributed by atoms with Gasteiger partial charge in [-0.1, -0.05) is 6.92 Å². The van der Waals surface area contributed by atoms with E-state index in [9.17, 15) is 4.79 Å². The Labute approximate surface area is 86.1 Å². The van der Waals surface area contributed by atoms with Crippen LogP contribution in [-0.2, 0) is 4.79 Å². The highest BCUT2D eigenvalue weighted by Crippen LogP contribution is 2.12. The second-order valence-corrected chi connectivity index (χ2v) is 3.69. The minimum absolute atomic E-state index is 0.00474. The summed E-state index contributed by atoms with van der Waals surface area (Å²) in [4.78, 5) is 11.2. The summed E-state index contributed by atoms with van der Waals surface area (Å²) in [6.07, 6.45) is 1.57. The number of aliphatic hydroxyl groups excluding tert-OH is 1. The summed E-state index contributed by atoms with van der Waals surface area (Å²) < 4.78 is 0. The molecule has 4 heteroatoms. The maximum atomic E-state index is 11.2. The Hall–Kier alpha value is -0.610. The van der Waals surface area contributed by atoms with E-state index in [0.717, 1.165) is 6.42 Å². The van der Waals surface area contributed by atoms with Gasteiger partial charge in [-0.25, -0.2) is 0 Å². The molecule has 0 rings (SSSR count). The molecule has 0 aliphatic rings. The highest BCUT2D eigenvalue weighted by atomic mass is 16.3. The Morgan fingerprint density at radius 2 is 2.07 bits per heavy atom. The predicted octanol–water partition coefficient (Wildman–Crippen LogP) is 0.263. The van der Waals surface area contributed by atoms with Crippen molar-refractivity contribution in [3.63, 3.8) is 0 Å². The van der Waals surface area contributed by atoms with Crippen LogP contribution in [-0.4, -0.2) is 36.2 Å². The first-order valence-corrected chi connectivity index (χ1v) is 5.20. The minimum Gasteiger partial charge on any atom is -0.396 e. The topological polar surface area (TPSA) is 61.4 Å². The van der Waals surface area contributed by atoms with E-state index in [4.69, 9.17) is 5.11 Å². The minimum atomic E-state index is -0.139. The third kappa shape index (κ3) is 5.19. The lowest BCUT2D eigenvalue weighted by Crippen LogP contribution is -2.47. The van der Waals surface area contributed by atoms with E-state index in [-0.39, 0.29) is 18.1 Å². The summed E-state index contributed by atoms with van der Waals surface area (Å²) in [6, 6.07) is 0. The third-order valence-electron chi connectivity index (χ3n) is 2.49. The number of likely N-dealkylation sites (N-methyl/N-ethyl adjacent to an activating group) is 1. The van der Waals surface area contributed by atoms with Gasteiger partial charge >= 0.3 is 0 Å². The Bertz CT molecular complexity index is 174. The van der Waals surface area contributed by atoms with Crippen molar-refractivity contribution in [2.75, 3.05) is 19.7 Å². The smallest absolute Gasteiger partial charge is 0.233 e. The van der Waals surface area contributed by atoms with Crippen LogP contribution < -0.4 is 10.6 Å². The SMILES string of the molecule is CCNC(=O)CNC(C)(CC)CCO. The fourth-order valence-corrected chi connectivity index (χ4v) is 1.19. The fraction of sp³-hybridized carbons (Fsp3) is 0.900. The Balaban J connectivity index is 3.87. The van der Waals surface area contributed by atoms with Crippen molar-refractivity contribution in [1.82, 2.24) is 10.6 Å². The van der Waals surface area contributed by atoms with E-state index >= 15 is 0 Å². The van der Waals surface area contributed by atoms with Crippen molar-refractivity contribution in [2.24, 2.45) is 0 Å². The molecule has 0 bridgehead atoms. The predicted molar refractivity (Wildman–Crippen MR) is 57.1 cm³/mol. The molecule has 0 aromatic carbocycles. The highest BCUT2D eigenvalue weighted by Gasteiger charge is 2.21. The number of rotatable bonds is 7. The molecule has 0 radical (unpaired) electrons. The Morgan fingerprint density at radius 1 is 1.43 bits per heavy atom. The van der Waals surface area contributed by atoms with Gasteiger partial charge in [-0.05, 0) is 26.7 Å². The molecule has 0 aliphatic carbocycles. The summed E-state index contributed by atoms with van der Waals surface area (Å²) in [5.74, 6) is 0.00474. The van der Waals surface area contributed by atoms with E-state index in [1.807, 2.05) is 20.8 Å². The van der Waals surface area contributed by atoms with Crippen molar-refractivity contribution in [2.45, 2.75) is 39.2 Å². The molecule has 4 nitrogen and oxygen atoms in total. The lowest BCUT2D eigenvalue weighted by Gasteiger charge is -2.28. The number of hydrogen-bond acceptors (Lipinski definition) is 3. The van der Waals surface area contributed by atoms with Crippen LogP contribution in [0.25, 0.3) is 0 Å². The maximum absolute atomic E-state index is 11.2. The molecule has 3 N–H and O–H groups in total. The summed E-state index contributed by atoms with van der Waals surface area (Å²) in [5.41, 5.74) is -0.139. The van der Waals surface area contributed by atoms with E-state index in [1.54, 1.807) is 0 Å². The molecule has 1 atom stereocenters. The summed E-state index contributed by atoms with van der Waals surface area (Å²) >= 11 is 0. The van der Waals surface area contributed by atoms with E-state index in [0.29, 0.717) is 19.5 Å². The monoisotopic (exact) mass is 202 g/mol. The van der Waals surface area contributed by atoms with Gasteiger partial charge in [0, 0.05) is 18.7 Å². The third-order valence-corrected chi connectivity index (χ3v) is 2.49. The van der Waals surface area contributed by atoms with E-state index in [2.05, 4.69) is 10.6 Å². The van der Waals surface area contributed by atoms with E-state index < -0.39 is 0 Å². The molecule has 0 saturated carbocycles. The van der Waals surface area contributed by atoms with Crippen molar-refractivity contribution < 1.29 is 9.90 Å². The normalized spacial score (nSPS) is 14.9. The van der Waals surface area contributed by atoms with Crippen LogP contribution in [0.4, 0.5) is 0 Å². The van der Waals surface area contributed by atoms with Gasteiger partial charge in [0.15, 0.2) is 0 Å². The zero-order valence-electron chi connectivity index (χ0n) is 9.39. The average Bonchev–Trinajstić information content (AvgIpc) is 2.16. The Kier molecular flexibility index (Phi) is 6.49. The Morgan fingerprint density at radius 3 is 2.50 bits per heavy atom. The molecule has 0 aromatic rings. The first kappa shape index (κ1) is 13.4. The lowest BCUT2D eigenvalue weighted by atomic mass is 9.95. The van der Waals surface area contributed by atoms with Crippen LogP contribution in [0.1, 0.15) is 33.6 Å². The second kappa shape index (κ2) is 6.79. The molecule has 1 amide bonds. The average molecular weight is 202 g/mol. The molecule has 0 heterocycles. The second-order valence-electron chi connectivity index (χ2n) is 3.69. The lowest BCUT2D eigenvalue weighted by molar-refractivity contribution is -0.120. The first-order chi connectivity index (χ1) is 6.58. The van der Waals surface area contributed by atoms with Gasteiger partial charge in [-0.2, -0.15) is 0 Å². The number of amides is 1. The first-order valence-electron chi connectivity index (χ1n) is 5.20. The largest absolute Gasteiger partial charge is 0.396 e. The van der Waals surface area contributed by atoms with Crippen molar-refractivity contribution in [3.05, 3.63) is 0 Å². The van der Waals surface area contributed by atoms with Gasteiger partial charge in [0.25, 0.3) is 0 Å². The number of hydrogen-bond donors (Lipinski definition) is 3. The zero-order valence-corrected chi connectivity index (χ0v) is 9.39. The number of carbonyl (C=O) groups is 1. The molecule has 0 fully saturated rings. The van der Waals surface area contributed by atoms with Gasteiger partial charge in [-0.3, -0.25) is 4.79 Å². The molecular weight excluding hydrogens is 180 g/mol. The summed E-state index contributed by atoms with van der Waals surface area (Å²) in [6.45, 7) is 7.07. The van der Waals surface area contributed by atoms with Crippen LogP contribution in [0.15, 0.2) is 0 Å². The van der Waals surface area contributed by atoms with Crippen LogP contribution in [0.5, 0.6) is 0 Å². The number of aliphatic hydroxyl groups is 1. The molecule has 0 aromatic heterocycles. The van der Waals surface area contributed by atoms with Crippen molar-refractivity contribution in [3.8, 4) is 0 Å². The molecule has 14 heavy (non-hydrogen) atoms. The fourth-order valence-electron chi connectivity index (χ4n) is 1.19. The molecule has 0 aliphatic heterocycles. The van der Waals surface area contributed by atoms with Gasteiger partial charge in [0.05, 0.1) is 6.54 Å². The molecular formula is C10H22N2O2. The number of nitrogens with one attached hydrogen (secondary N) is 2. The molecule has 84 valence electrons. The standard InChI is InChI=1S/C10H22N2O2/c1-4-10(3,6-7-13)12-8-9(14)11-5-2/h12-13H,4-8H2,1-3H3,(H,11,14). The zero-order chi connectivity index (χ0) is 11.0. The van der Waals surface area contributed by atoms with Gasteiger partial charge in [-0.15, -0.1) is 0 Å². The summed E-state index contributed by atoms with van der Waals surface area (Å²) in [5, 5.41) is 14.7. The van der Waals surface area contributed by atoms with Gasteiger partial charge < -0.3 is 15.7 Å². The highest BCUT2D eigenvalue weighted by molar-refractivity contribution is 5.77. The molecule has 0 spiro atoms. The van der Waals surface area contributed by atoms with Crippen LogP contribution >= 0.6 is 0 Å². The van der Waals surface area contributed by atoms with Gasteiger partial charge in [0.2, 0.25) is 5.91 Å². The maximum Gasteiger partial charge on any atom is 0.233 e. The van der Waals surface area contributed by atoms with Gasteiger partial charge in [0.1, 0.15) is 0 Å². The molecule has 0 saturated heterocycles. The van der Waals surface area contributed by atoms with Crippen LogP contribution in [0, 0.1) is 0 Å². The quantitative estimate of drug-likeness (QED) is 0.555. The number of carbonyl (C=O) groups excluding carboxylic acids is 1. The molecule has 1 unspecified atom stereocenters. The summed E-state index contributed by atoms with van der Waals surface area (Å²) in [7, 11) is 0. The van der Waals surface area contributed by atoms with Crippen LogP contribution in [0.2, 0.25) is 0 Å². The van der Waals surface area contributed by atoms with E-state index in [1.165, 1.54) is 0 Å².